The van der Waals surface area contributed by atoms with Gasteiger partial charge < -0.3 is 10.4 Å². The Morgan fingerprint density at radius 2 is 1.90 bits per heavy atom. The molecule has 3 heteroatoms. The molecule has 0 saturated heterocycles. The van der Waals surface area contributed by atoms with Gasteiger partial charge in [0.1, 0.15) is 6.61 Å². The minimum Gasteiger partial charge on any atom is -0.384 e. The zero-order valence-corrected chi connectivity index (χ0v) is 13.4. The predicted octanol–water partition coefficient (Wildman–Crippen LogP) is 2.50. The summed E-state index contributed by atoms with van der Waals surface area (Å²) in [5.41, 5.74) is 2.69. The number of hydrogen-bond donors (Lipinski definition) is 2. The zero-order chi connectivity index (χ0) is 15.8. The number of amides is 1. The molecule has 1 aromatic rings. The van der Waals surface area contributed by atoms with E-state index in [4.69, 9.17) is 5.11 Å². The molecule has 1 aliphatic rings. The molecule has 1 fully saturated rings. The smallest absolute Gasteiger partial charge is 0.251 e. The first-order valence-corrected chi connectivity index (χ1v) is 7.23. The van der Waals surface area contributed by atoms with Gasteiger partial charge in [-0.05, 0) is 41.5 Å². The van der Waals surface area contributed by atoms with Crippen LogP contribution in [0.5, 0.6) is 0 Å². The molecular weight excluding hydrogens is 262 g/mol. The van der Waals surface area contributed by atoms with E-state index in [0.717, 1.165) is 11.1 Å². The van der Waals surface area contributed by atoms with Crippen molar-refractivity contribution in [3.05, 3.63) is 34.9 Å². The van der Waals surface area contributed by atoms with Crippen LogP contribution in [-0.2, 0) is 0 Å². The minimum absolute atomic E-state index is 0.0385. The number of carbonyl (C=O) groups excluding carboxylic acids is 1. The SMILES string of the molecule is Cc1cc(C(=O)NC2C(C)(C)C2(C)C)ccc1C#CCO. The van der Waals surface area contributed by atoms with Crippen LogP contribution < -0.4 is 5.32 Å². The van der Waals surface area contributed by atoms with Gasteiger partial charge in [0.05, 0.1) is 0 Å². The number of nitrogens with one attached hydrogen (secondary N) is 1. The van der Waals surface area contributed by atoms with E-state index in [1.165, 1.54) is 0 Å². The molecule has 0 unspecified atom stereocenters. The fraction of sp³-hybridized carbons (Fsp3) is 0.500. The molecule has 1 amide bonds. The highest BCUT2D eigenvalue weighted by molar-refractivity contribution is 5.95. The molecule has 0 radical (unpaired) electrons. The number of aliphatic hydroxyl groups is 1. The van der Waals surface area contributed by atoms with Crippen molar-refractivity contribution in [2.24, 2.45) is 10.8 Å². The molecule has 0 heterocycles. The maximum atomic E-state index is 12.4. The first-order chi connectivity index (χ1) is 9.71. The number of carbonyl (C=O) groups is 1. The average molecular weight is 285 g/mol. The van der Waals surface area contributed by atoms with Crippen LogP contribution in [0, 0.1) is 29.6 Å². The van der Waals surface area contributed by atoms with Gasteiger partial charge in [-0.3, -0.25) is 4.79 Å². The van der Waals surface area contributed by atoms with Gasteiger partial charge in [-0.2, -0.15) is 0 Å². The Labute approximate surface area is 126 Å². The van der Waals surface area contributed by atoms with E-state index < -0.39 is 0 Å². The third kappa shape index (κ3) is 2.69. The van der Waals surface area contributed by atoms with Crippen LogP contribution in [-0.4, -0.2) is 23.7 Å². The summed E-state index contributed by atoms with van der Waals surface area (Å²) in [5.74, 6) is 5.46. The fourth-order valence-electron chi connectivity index (χ4n) is 2.85. The van der Waals surface area contributed by atoms with Gasteiger partial charge in [-0.1, -0.05) is 39.5 Å². The van der Waals surface area contributed by atoms with Gasteiger partial charge in [-0.15, -0.1) is 0 Å². The van der Waals surface area contributed by atoms with Crippen molar-refractivity contribution >= 4 is 5.91 Å². The summed E-state index contributed by atoms with van der Waals surface area (Å²) in [6.45, 7) is 10.5. The lowest BCUT2D eigenvalue weighted by Gasteiger charge is -2.08. The van der Waals surface area contributed by atoms with Crippen LogP contribution in [0.3, 0.4) is 0 Å². The van der Waals surface area contributed by atoms with Crippen molar-refractivity contribution < 1.29 is 9.90 Å². The lowest BCUT2D eigenvalue weighted by Crippen LogP contribution is -2.29. The van der Waals surface area contributed by atoms with Crippen molar-refractivity contribution in [3.63, 3.8) is 0 Å². The minimum atomic E-state index is -0.159. The molecule has 1 saturated carbocycles. The molecule has 2 N–H and O–H groups in total. The van der Waals surface area contributed by atoms with E-state index in [2.05, 4.69) is 44.9 Å². The summed E-state index contributed by atoms with van der Waals surface area (Å²) in [6.07, 6.45) is 0. The topological polar surface area (TPSA) is 49.3 Å². The van der Waals surface area contributed by atoms with Crippen molar-refractivity contribution in [1.82, 2.24) is 5.32 Å². The lowest BCUT2D eigenvalue weighted by molar-refractivity contribution is 0.0943. The summed E-state index contributed by atoms with van der Waals surface area (Å²) in [7, 11) is 0. The van der Waals surface area contributed by atoms with Crippen LogP contribution >= 0.6 is 0 Å². The van der Waals surface area contributed by atoms with E-state index in [0.29, 0.717) is 5.56 Å². The second kappa shape index (κ2) is 5.20. The summed E-state index contributed by atoms with van der Waals surface area (Å²) < 4.78 is 0. The fourth-order valence-corrected chi connectivity index (χ4v) is 2.85. The van der Waals surface area contributed by atoms with Gasteiger partial charge >= 0.3 is 0 Å². The van der Waals surface area contributed by atoms with Gasteiger partial charge in [0.2, 0.25) is 0 Å². The Balaban J connectivity index is 2.13. The summed E-state index contributed by atoms with van der Waals surface area (Å²) >= 11 is 0. The van der Waals surface area contributed by atoms with Crippen LogP contribution in [0.15, 0.2) is 18.2 Å². The molecule has 1 aromatic carbocycles. The van der Waals surface area contributed by atoms with Crippen molar-refractivity contribution in [2.45, 2.75) is 40.7 Å². The maximum Gasteiger partial charge on any atom is 0.251 e. The lowest BCUT2D eigenvalue weighted by atomic mass is 10.0. The van der Waals surface area contributed by atoms with Crippen LogP contribution in [0.1, 0.15) is 49.2 Å². The second-order valence-electron chi connectivity index (χ2n) is 6.84. The molecule has 0 bridgehead atoms. The molecule has 112 valence electrons. The van der Waals surface area contributed by atoms with Gasteiger partial charge in [-0.25, -0.2) is 0 Å². The molecule has 1 aliphatic carbocycles. The Kier molecular flexibility index (Phi) is 3.86. The number of aliphatic hydroxyl groups excluding tert-OH is 1. The van der Waals surface area contributed by atoms with Crippen molar-refractivity contribution in [2.75, 3.05) is 6.61 Å². The quantitative estimate of drug-likeness (QED) is 0.820. The molecule has 2 rings (SSSR count). The highest BCUT2D eigenvalue weighted by atomic mass is 16.2. The number of aryl methyl sites for hydroxylation is 1. The van der Waals surface area contributed by atoms with Crippen LogP contribution in [0.2, 0.25) is 0 Å². The van der Waals surface area contributed by atoms with Gasteiger partial charge in [0.15, 0.2) is 0 Å². The first-order valence-electron chi connectivity index (χ1n) is 7.23. The number of hydrogen-bond acceptors (Lipinski definition) is 2. The number of benzene rings is 1. The molecule has 0 atom stereocenters. The molecule has 3 nitrogen and oxygen atoms in total. The Bertz CT molecular complexity index is 618. The van der Waals surface area contributed by atoms with E-state index in [9.17, 15) is 4.79 Å². The third-order valence-electron chi connectivity index (χ3n) is 5.09. The highest BCUT2D eigenvalue weighted by Crippen LogP contribution is 2.62. The Hall–Kier alpha value is -1.79. The first kappa shape index (κ1) is 15.6. The van der Waals surface area contributed by atoms with Gasteiger partial charge in [0.25, 0.3) is 5.91 Å². The second-order valence-corrected chi connectivity index (χ2v) is 6.84. The Morgan fingerprint density at radius 3 is 2.38 bits per heavy atom. The maximum absolute atomic E-state index is 12.4. The normalized spacial score (nSPS) is 18.6. The largest absolute Gasteiger partial charge is 0.384 e. The molecule has 0 spiro atoms. The molecule has 21 heavy (non-hydrogen) atoms. The molecule has 0 aliphatic heterocycles. The Morgan fingerprint density at radius 1 is 1.29 bits per heavy atom. The predicted molar refractivity (Wildman–Crippen MR) is 84.0 cm³/mol. The summed E-state index contributed by atoms with van der Waals surface area (Å²) in [5, 5.41) is 11.9. The molecular formula is C18H23NO2. The van der Waals surface area contributed by atoms with E-state index in [-0.39, 0.29) is 29.4 Å². The van der Waals surface area contributed by atoms with Crippen LogP contribution in [0.25, 0.3) is 0 Å². The van der Waals surface area contributed by atoms with E-state index >= 15 is 0 Å². The van der Waals surface area contributed by atoms with Crippen molar-refractivity contribution in [1.29, 1.82) is 0 Å². The van der Waals surface area contributed by atoms with E-state index in [1.54, 1.807) is 6.07 Å². The average Bonchev–Trinajstić information content (AvgIpc) is 2.79. The standard InChI is InChI=1S/C18H23NO2/c1-12-11-14(9-8-13(12)7-6-10-20)15(21)19-16-17(2,3)18(16,4)5/h8-9,11,16,20H,10H2,1-5H3,(H,19,21). The van der Waals surface area contributed by atoms with E-state index in [1.807, 2.05) is 19.1 Å². The van der Waals surface area contributed by atoms with Crippen molar-refractivity contribution in [3.8, 4) is 11.8 Å². The summed E-state index contributed by atoms with van der Waals surface area (Å²) in [6, 6.07) is 5.66. The molecule has 0 aromatic heterocycles. The third-order valence-corrected chi connectivity index (χ3v) is 5.09. The van der Waals surface area contributed by atoms with Gasteiger partial charge in [0, 0.05) is 17.2 Å². The highest BCUT2D eigenvalue weighted by Gasteiger charge is 2.65. The monoisotopic (exact) mass is 285 g/mol. The summed E-state index contributed by atoms with van der Waals surface area (Å²) in [4.78, 5) is 12.4. The number of rotatable bonds is 2. The zero-order valence-electron chi connectivity index (χ0n) is 13.4. The van der Waals surface area contributed by atoms with Crippen LogP contribution in [0.4, 0.5) is 0 Å².